The first kappa shape index (κ1) is 27.6. The zero-order valence-electron chi connectivity index (χ0n) is 27.6. The Kier molecular flexibility index (Phi) is 5.38. The highest BCUT2D eigenvalue weighted by Crippen LogP contribution is 2.62. The van der Waals surface area contributed by atoms with Crippen LogP contribution >= 0.6 is 11.3 Å². The predicted octanol–water partition coefficient (Wildman–Crippen LogP) is 13.2. The Balaban J connectivity index is 1.14. The van der Waals surface area contributed by atoms with Gasteiger partial charge in [0.1, 0.15) is 0 Å². The standard InChI is InChI=1S/C49H29NS/c1-4-20-40-34(12-1)37-17-9-15-32(30-26-28-31(29-27-30)33-16-10-19-39-36-14-3-8-25-45(36)51-48(33)39)46(37)49(40)41-21-5-7-24-44(41)50-43-23-6-2-13-35(43)38-18-11-22-42(49)47(38)50/h1-29H. The van der Waals surface area contributed by atoms with Crippen LogP contribution in [0, 0.1) is 0 Å². The maximum Gasteiger partial charge on any atom is 0.0760 e. The fourth-order valence-corrected chi connectivity index (χ4v) is 10.9. The van der Waals surface area contributed by atoms with E-state index in [9.17, 15) is 0 Å². The summed E-state index contributed by atoms with van der Waals surface area (Å²) in [7, 11) is 0. The van der Waals surface area contributed by atoms with E-state index in [0.29, 0.717) is 0 Å². The van der Waals surface area contributed by atoms with Crippen molar-refractivity contribution < 1.29 is 0 Å². The maximum absolute atomic E-state index is 2.52. The maximum atomic E-state index is 2.52. The first-order valence-electron chi connectivity index (χ1n) is 17.7. The quantitative estimate of drug-likeness (QED) is 0.173. The molecule has 12 rings (SSSR count). The highest BCUT2D eigenvalue weighted by Gasteiger charge is 2.51. The minimum atomic E-state index is -0.482. The molecule has 51 heavy (non-hydrogen) atoms. The van der Waals surface area contributed by atoms with Crippen LogP contribution in [0.5, 0.6) is 0 Å². The number of fused-ring (bicyclic) bond motifs is 15. The lowest BCUT2D eigenvalue weighted by Crippen LogP contribution is -2.34. The van der Waals surface area contributed by atoms with Gasteiger partial charge in [0.25, 0.3) is 0 Å². The molecule has 0 radical (unpaired) electrons. The van der Waals surface area contributed by atoms with Gasteiger partial charge in [0.2, 0.25) is 0 Å². The van der Waals surface area contributed by atoms with E-state index in [4.69, 9.17) is 0 Å². The van der Waals surface area contributed by atoms with Crippen molar-refractivity contribution in [3.05, 3.63) is 198 Å². The lowest BCUT2D eigenvalue weighted by Gasteiger charge is -2.40. The molecular formula is C49H29NS. The van der Waals surface area contributed by atoms with Crippen LogP contribution in [0.3, 0.4) is 0 Å². The van der Waals surface area contributed by atoms with E-state index in [1.807, 2.05) is 11.3 Å². The predicted molar refractivity (Wildman–Crippen MR) is 215 cm³/mol. The molecule has 2 aromatic heterocycles. The average molecular weight is 664 g/mol. The second kappa shape index (κ2) is 9.94. The van der Waals surface area contributed by atoms with Crippen LogP contribution in [0.2, 0.25) is 0 Å². The van der Waals surface area contributed by atoms with Crippen molar-refractivity contribution in [3.8, 4) is 39.1 Å². The number of aromatic nitrogens is 1. The SMILES string of the molecule is c1ccc2c(c1)-c1cccc(-c3ccc(-c4cccc5c4sc4ccccc45)cc3)c1C21c2ccccc2-n2c3ccccc3c3cccc1c32. The van der Waals surface area contributed by atoms with E-state index < -0.39 is 5.41 Å². The van der Waals surface area contributed by atoms with Gasteiger partial charge in [0.15, 0.2) is 0 Å². The topological polar surface area (TPSA) is 4.93 Å². The van der Waals surface area contributed by atoms with Crippen molar-refractivity contribution in [1.82, 2.24) is 4.57 Å². The lowest BCUT2D eigenvalue weighted by molar-refractivity contribution is 0.750. The summed E-state index contributed by atoms with van der Waals surface area (Å²) in [6.07, 6.45) is 0. The summed E-state index contributed by atoms with van der Waals surface area (Å²) >= 11 is 1.89. The lowest BCUT2D eigenvalue weighted by atomic mass is 9.64. The number of nitrogens with zero attached hydrogens (tertiary/aromatic N) is 1. The normalized spacial score (nSPS) is 15.5. The van der Waals surface area contributed by atoms with Gasteiger partial charge < -0.3 is 4.57 Å². The van der Waals surface area contributed by atoms with Gasteiger partial charge in [-0.1, -0.05) is 158 Å². The van der Waals surface area contributed by atoms with Crippen LogP contribution in [-0.4, -0.2) is 4.57 Å². The third-order valence-corrected chi connectivity index (χ3v) is 12.8. The largest absolute Gasteiger partial charge is 0.309 e. The number of hydrogen-bond donors (Lipinski definition) is 0. The van der Waals surface area contributed by atoms with Crippen LogP contribution < -0.4 is 0 Å². The molecule has 0 saturated carbocycles. The summed E-state index contributed by atoms with van der Waals surface area (Å²) in [5, 5.41) is 5.27. The van der Waals surface area contributed by atoms with Gasteiger partial charge in [-0.15, -0.1) is 11.3 Å². The summed E-state index contributed by atoms with van der Waals surface area (Å²) < 4.78 is 5.21. The summed E-state index contributed by atoms with van der Waals surface area (Å²) in [6, 6.07) is 65.9. The highest BCUT2D eigenvalue weighted by molar-refractivity contribution is 7.26. The van der Waals surface area contributed by atoms with Crippen molar-refractivity contribution >= 4 is 53.3 Å². The first-order valence-corrected chi connectivity index (χ1v) is 18.5. The Morgan fingerprint density at radius 2 is 0.980 bits per heavy atom. The third kappa shape index (κ3) is 3.41. The Morgan fingerprint density at radius 1 is 0.392 bits per heavy atom. The van der Waals surface area contributed by atoms with Gasteiger partial charge in [0.05, 0.1) is 22.1 Å². The molecule has 1 unspecified atom stereocenters. The van der Waals surface area contributed by atoms with Gasteiger partial charge in [-0.05, 0) is 73.8 Å². The zero-order chi connectivity index (χ0) is 33.3. The molecule has 1 aliphatic heterocycles. The molecular weight excluding hydrogens is 635 g/mol. The van der Waals surface area contributed by atoms with Crippen LogP contribution in [-0.2, 0) is 5.41 Å². The number of thiophene rings is 1. The average Bonchev–Trinajstić information content (AvgIpc) is 3.85. The summed E-state index contributed by atoms with van der Waals surface area (Å²) in [4.78, 5) is 0. The van der Waals surface area contributed by atoms with Gasteiger partial charge >= 0.3 is 0 Å². The van der Waals surface area contributed by atoms with Crippen LogP contribution in [0.4, 0.5) is 0 Å². The van der Waals surface area contributed by atoms with Crippen molar-refractivity contribution in [2.75, 3.05) is 0 Å². The molecule has 3 heterocycles. The van der Waals surface area contributed by atoms with Crippen molar-refractivity contribution in [2.24, 2.45) is 0 Å². The van der Waals surface area contributed by atoms with Crippen molar-refractivity contribution in [3.63, 3.8) is 0 Å². The fourth-order valence-electron chi connectivity index (χ4n) is 9.67. The molecule has 1 spiro atoms. The third-order valence-electron chi connectivity index (χ3n) is 11.6. The van der Waals surface area contributed by atoms with E-state index in [1.165, 1.54) is 103 Å². The molecule has 1 nitrogen and oxygen atoms in total. The molecule has 8 aromatic carbocycles. The van der Waals surface area contributed by atoms with Gasteiger partial charge in [-0.2, -0.15) is 0 Å². The van der Waals surface area contributed by atoms with E-state index in [1.54, 1.807) is 0 Å². The van der Waals surface area contributed by atoms with E-state index in [0.717, 1.165) is 0 Å². The van der Waals surface area contributed by atoms with E-state index >= 15 is 0 Å². The summed E-state index contributed by atoms with van der Waals surface area (Å²) in [5.41, 5.74) is 16.5. The molecule has 1 atom stereocenters. The van der Waals surface area contributed by atoms with E-state index in [-0.39, 0.29) is 0 Å². The molecule has 10 aromatic rings. The van der Waals surface area contributed by atoms with Gasteiger partial charge in [0, 0.05) is 30.9 Å². The number of rotatable bonds is 2. The van der Waals surface area contributed by atoms with Crippen molar-refractivity contribution in [2.45, 2.75) is 5.41 Å². The Morgan fingerprint density at radius 3 is 1.88 bits per heavy atom. The Labute approximate surface area is 299 Å². The summed E-state index contributed by atoms with van der Waals surface area (Å²) in [6.45, 7) is 0. The molecule has 1 aliphatic carbocycles. The van der Waals surface area contributed by atoms with Gasteiger partial charge in [-0.25, -0.2) is 0 Å². The minimum Gasteiger partial charge on any atom is -0.309 e. The molecule has 0 bridgehead atoms. The van der Waals surface area contributed by atoms with E-state index in [2.05, 4.69) is 180 Å². The Bertz CT molecular complexity index is 3080. The molecule has 2 aliphatic rings. The van der Waals surface area contributed by atoms with Crippen LogP contribution in [0.25, 0.3) is 81.0 Å². The molecule has 0 fully saturated rings. The number of hydrogen-bond acceptors (Lipinski definition) is 1. The number of benzene rings is 8. The fraction of sp³-hybridized carbons (Fsp3) is 0.0204. The molecule has 236 valence electrons. The molecule has 0 amide bonds. The smallest absolute Gasteiger partial charge is 0.0760 e. The van der Waals surface area contributed by atoms with Gasteiger partial charge in [-0.3, -0.25) is 0 Å². The first-order chi connectivity index (χ1) is 25.3. The van der Waals surface area contributed by atoms with Crippen LogP contribution in [0.15, 0.2) is 176 Å². The second-order valence-corrected chi connectivity index (χ2v) is 15.0. The van der Waals surface area contributed by atoms with Crippen molar-refractivity contribution in [1.29, 1.82) is 0 Å². The molecule has 2 heteroatoms. The van der Waals surface area contributed by atoms with Crippen LogP contribution in [0.1, 0.15) is 22.3 Å². The number of para-hydroxylation sites is 3. The molecule has 0 saturated heterocycles. The second-order valence-electron chi connectivity index (χ2n) is 14.0. The Hall–Kier alpha value is -6.22. The zero-order valence-corrected chi connectivity index (χ0v) is 28.4. The molecule has 0 N–H and O–H groups in total. The minimum absolute atomic E-state index is 0.482. The monoisotopic (exact) mass is 663 g/mol. The highest BCUT2D eigenvalue weighted by atomic mass is 32.1. The summed E-state index contributed by atoms with van der Waals surface area (Å²) in [5.74, 6) is 0.